The molecule has 0 unspecified atom stereocenters. The Morgan fingerprint density at radius 1 is 1.30 bits per heavy atom. The summed E-state index contributed by atoms with van der Waals surface area (Å²) in [6, 6.07) is 9.88. The maximum atomic E-state index is 11.8. The van der Waals surface area contributed by atoms with E-state index in [9.17, 15) is 9.90 Å². The smallest absolute Gasteiger partial charge is 0.317 e. The number of aliphatic hydroxyl groups excluding tert-OH is 1. The van der Waals surface area contributed by atoms with Gasteiger partial charge in [-0.15, -0.1) is 0 Å². The lowest BCUT2D eigenvalue weighted by atomic mass is 10.1. The van der Waals surface area contributed by atoms with Crippen LogP contribution in [0.3, 0.4) is 0 Å². The maximum Gasteiger partial charge on any atom is 0.317 e. The highest BCUT2D eigenvalue weighted by molar-refractivity contribution is 5.74. The van der Waals surface area contributed by atoms with E-state index in [0.29, 0.717) is 19.6 Å². The standard InChI is InChI=1S/C15H23N3O2/c16-13-10-18(11-14(13)19)15(20)17-9-5-4-8-12-6-2-1-3-7-12/h1-3,6-7,13-14,19H,4-5,8-11,16H2,(H,17,20)/t13-,14-/m1/s1. The number of aryl methyl sites for hydroxylation is 1. The molecule has 0 saturated carbocycles. The van der Waals surface area contributed by atoms with Gasteiger partial charge in [0.15, 0.2) is 0 Å². The molecule has 0 aliphatic carbocycles. The normalized spacial score (nSPS) is 22.0. The molecule has 1 aliphatic heterocycles. The maximum absolute atomic E-state index is 11.8. The first kappa shape index (κ1) is 14.8. The summed E-state index contributed by atoms with van der Waals surface area (Å²) in [6.07, 6.45) is 2.43. The zero-order valence-electron chi connectivity index (χ0n) is 11.7. The molecule has 2 amide bonds. The molecule has 0 bridgehead atoms. The van der Waals surface area contributed by atoms with Crippen LogP contribution in [0.5, 0.6) is 0 Å². The number of rotatable bonds is 5. The van der Waals surface area contributed by atoms with E-state index in [4.69, 9.17) is 5.73 Å². The van der Waals surface area contributed by atoms with Crippen molar-refractivity contribution in [3.05, 3.63) is 35.9 Å². The predicted octanol–water partition coefficient (Wildman–Crippen LogP) is 0.723. The molecule has 0 spiro atoms. The van der Waals surface area contributed by atoms with E-state index in [2.05, 4.69) is 17.4 Å². The highest BCUT2D eigenvalue weighted by Crippen LogP contribution is 2.08. The Bertz CT molecular complexity index is 414. The third kappa shape index (κ3) is 4.21. The van der Waals surface area contributed by atoms with Crippen LogP contribution in [0.1, 0.15) is 18.4 Å². The molecule has 0 radical (unpaired) electrons. The summed E-state index contributed by atoms with van der Waals surface area (Å²) in [7, 11) is 0. The molecule has 2 rings (SSSR count). The summed E-state index contributed by atoms with van der Waals surface area (Å²) < 4.78 is 0. The minimum atomic E-state index is -0.598. The molecule has 1 aromatic carbocycles. The number of likely N-dealkylation sites (tertiary alicyclic amines) is 1. The molecule has 20 heavy (non-hydrogen) atoms. The highest BCUT2D eigenvalue weighted by Gasteiger charge is 2.31. The number of nitrogens with two attached hydrogens (primary N) is 1. The van der Waals surface area contributed by atoms with E-state index < -0.39 is 6.10 Å². The highest BCUT2D eigenvalue weighted by atomic mass is 16.3. The van der Waals surface area contributed by atoms with Crippen LogP contribution in [0, 0.1) is 0 Å². The van der Waals surface area contributed by atoms with Gasteiger partial charge in [-0.3, -0.25) is 0 Å². The van der Waals surface area contributed by atoms with Gasteiger partial charge in [-0.25, -0.2) is 4.79 Å². The summed E-state index contributed by atoms with van der Waals surface area (Å²) in [5, 5.41) is 12.4. The summed E-state index contributed by atoms with van der Waals surface area (Å²) >= 11 is 0. The number of nitrogens with zero attached hydrogens (tertiary/aromatic N) is 1. The van der Waals surface area contributed by atoms with Gasteiger partial charge in [-0.1, -0.05) is 30.3 Å². The van der Waals surface area contributed by atoms with Crippen molar-refractivity contribution in [3.63, 3.8) is 0 Å². The molecule has 1 saturated heterocycles. The number of amides is 2. The lowest BCUT2D eigenvalue weighted by molar-refractivity contribution is 0.163. The Morgan fingerprint density at radius 2 is 2.05 bits per heavy atom. The largest absolute Gasteiger partial charge is 0.390 e. The predicted molar refractivity (Wildman–Crippen MR) is 78.3 cm³/mol. The number of carbonyl (C=O) groups excluding carboxylic acids is 1. The van der Waals surface area contributed by atoms with Gasteiger partial charge in [-0.05, 0) is 24.8 Å². The number of carbonyl (C=O) groups is 1. The van der Waals surface area contributed by atoms with E-state index in [0.717, 1.165) is 19.3 Å². The second-order valence-electron chi connectivity index (χ2n) is 5.31. The van der Waals surface area contributed by atoms with Gasteiger partial charge in [0.25, 0.3) is 0 Å². The third-order valence-electron chi connectivity index (χ3n) is 3.63. The van der Waals surface area contributed by atoms with Crippen LogP contribution < -0.4 is 11.1 Å². The SMILES string of the molecule is N[C@@H]1CN(C(=O)NCCCCc2ccccc2)C[C@H]1O. The van der Waals surface area contributed by atoms with E-state index >= 15 is 0 Å². The molecule has 5 nitrogen and oxygen atoms in total. The first-order valence-electron chi connectivity index (χ1n) is 7.17. The molecule has 2 atom stereocenters. The van der Waals surface area contributed by atoms with E-state index in [1.807, 2.05) is 18.2 Å². The van der Waals surface area contributed by atoms with Crippen LogP contribution in [-0.2, 0) is 6.42 Å². The van der Waals surface area contributed by atoms with Crippen LogP contribution in [-0.4, -0.2) is 47.8 Å². The summed E-state index contributed by atoms with van der Waals surface area (Å²) in [5.74, 6) is 0. The number of benzene rings is 1. The first-order valence-corrected chi connectivity index (χ1v) is 7.17. The molecule has 1 aliphatic rings. The van der Waals surface area contributed by atoms with Gasteiger partial charge in [0.2, 0.25) is 0 Å². The Hall–Kier alpha value is -1.59. The van der Waals surface area contributed by atoms with Gasteiger partial charge < -0.3 is 21.1 Å². The molecular weight excluding hydrogens is 254 g/mol. The molecule has 1 heterocycles. The molecule has 0 aromatic heterocycles. The quantitative estimate of drug-likeness (QED) is 0.694. The number of urea groups is 1. The van der Waals surface area contributed by atoms with Crippen molar-refractivity contribution in [2.45, 2.75) is 31.4 Å². The molecule has 1 aromatic rings. The van der Waals surface area contributed by atoms with Gasteiger partial charge in [0.1, 0.15) is 0 Å². The van der Waals surface area contributed by atoms with Crippen molar-refractivity contribution in [1.29, 1.82) is 0 Å². The van der Waals surface area contributed by atoms with Crippen molar-refractivity contribution in [3.8, 4) is 0 Å². The minimum Gasteiger partial charge on any atom is -0.390 e. The van der Waals surface area contributed by atoms with E-state index in [1.54, 1.807) is 4.90 Å². The van der Waals surface area contributed by atoms with E-state index in [1.165, 1.54) is 5.56 Å². The number of unbranched alkanes of at least 4 members (excludes halogenated alkanes) is 1. The second-order valence-corrected chi connectivity index (χ2v) is 5.31. The lowest BCUT2D eigenvalue weighted by Gasteiger charge is -2.16. The van der Waals surface area contributed by atoms with Gasteiger partial charge in [0, 0.05) is 25.7 Å². The molecule has 5 heteroatoms. The van der Waals surface area contributed by atoms with Gasteiger partial charge in [0.05, 0.1) is 6.10 Å². The van der Waals surface area contributed by atoms with Crippen molar-refractivity contribution < 1.29 is 9.90 Å². The van der Waals surface area contributed by atoms with Crippen LogP contribution in [0.2, 0.25) is 0 Å². The monoisotopic (exact) mass is 277 g/mol. The zero-order chi connectivity index (χ0) is 14.4. The van der Waals surface area contributed by atoms with Crippen molar-refractivity contribution in [2.24, 2.45) is 5.73 Å². The first-order chi connectivity index (χ1) is 9.66. The second kappa shape index (κ2) is 7.26. The van der Waals surface area contributed by atoms with Gasteiger partial charge >= 0.3 is 6.03 Å². The summed E-state index contributed by atoms with van der Waals surface area (Å²) in [5.41, 5.74) is 7.00. The Kier molecular flexibility index (Phi) is 5.38. The summed E-state index contributed by atoms with van der Waals surface area (Å²) in [4.78, 5) is 13.4. The fourth-order valence-corrected chi connectivity index (χ4v) is 2.38. The molecule has 110 valence electrons. The average Bonchev–Trinajstić information content (AvgIpc) is 2.79. The topological polar surface area (TPSA) is 78.6 Å². The summed E-state index contributed by atoms with van der Waals surface area (Å²) in [6.45, 7) is 1.42. The average molecular weight is 277 g/mol. The molecule has 1 fully saturated rings. The Balaban J connectivity index is 1.58. The molecular formula is C15H23N3O2. The van der Waals surface area contributed by atoms with Crippen molar-refractivity contribution in [2.75, 3.05) is 19.6 Å². The number of β-amino-alcohol motifs (C(OH)–C–C–N with tert-alkyl or cyclic N) is 1. The van der Waals surface area contributed by atoms with Crippen molar-refractivity contribution >= 4 is 6.03 Å². The number of hydrogen-bond donors (Lipinski definition) is 3. The van der Waals surface area contributed by atoms with Crippen molar-refractivity contribution in [1.82, 2.24) is 10.2 Å². The fraction of sp³-hybridized carbons (Fsp3) is 0.533. The zero-order valence-corrected chi connectivity index (χ0v) is 11.7. The van der Waals surface area contributed by atoms with Crippen LogP contribution in [0.4, 0.5) is 4.79 Å². The van der Waals surface area contributed by atoms with Crippen LogP contribution in [0.15, 0.2) is 30.3 Å². The molecule has 4 N–H and O–H groups in total. The number of hydrogen-bond acceptors (Lipinski definition) is 3. The third-order valence-corrected chi connectivity index (χ3v) is 3.63. The lowest BCUT2D eigenvalue weighted by Crippen LogP contribution is -2.40. The number of nitrogens with one attached hydrogen (secondary N) is 1. The van der Waals surface area contributed by atoms with Crippen LogP contribution in [0.25, 0.3) is 0 Å². The Labute approximate surface area is 119 Å². The van der Waals surface area contributed by atoms with Gasteiger partial charge in [-0.2, -0.15) is 0 Å². The van der Waals surface area contributed by atoms with Crippen LogP contribution >= 0.6 is 0 Å². The fourth-order valence-electron chi connectivity index (χ4n) is 2.38. The number of aliphatic hydroxyl groups is 1. The minimum absolute atomic E-state index is 0.128. The Morgan fingerprint density at radius 3 is 2.70 bits per heavy atom. The van der Waals surface area contributed by atoms with E-state index in [-0.39, 0.29) is 12.1 Å².